The van der Waals surface area contributed by atoms with Crippen LogP contribution in [0.25, 0.3) is 0 Å². The molecule has 12 heteroatoms. The van der Waals surface area contributed by atoms with Crippen LogP contribution in [0.2, 0.25) is 24.7 Å². The highest BCUT2D eigenvalue weighted by Crippen LogP contribution is 2.36. The maximum atomic E-state index is 6.85. The van der Waals surface area contributed by atoms with Gasteiger partial charge in [-0.1, -0.05) is 81.4 Å². The first kappa shape index (κ1) is 43.6. The Hall–Kier alpha value is -1.53. The lowest BCUT2D eigenvalue weighted by atomic mass is 10.2. The van der Waals surface area contributed by atoms with E-state index in [4.69, 9.17) is 46.7 Å². The third-order valence-electron chi connectivity index (χ3n) is 7.33. The molecule has 0 aliphatic rings. The van der Waals surface area contributed by atoms with Crippen molar-refractivity contribution in [1.29, 1.82) is 0 Å². The quantitative estimate of drug-likeness (QED) is 0.0816. The standard InChI is InChI=1S/C37H64O10Si2/c1-37(2,3)49(35-13-9-7-10-14-35,36-15-11-8-12-16-36)47-34-32-45-30-28-43-26-24-41-22-20-39-18-17-38-19-21-40-23-25-42-27-29-44-31-33-46-48(4,5)6/h7-16H,17-34H2,1-6H3. The van der Waals surface area contributed by atoms with Gasteiger partial charge in [0, 0.05) is 0 Å². The summed E-state index contributed by atoms with van der Waals surface area (Å²) >= 11 is 0. The molecule has 0 saturated heterocycles. The van der Waals surface area contributed by atoms with Crippen molar-refractivity contribution in [3.63, 3.8) is 0 Å². The topological polar surface area (TPSA) is 92.3 Å². The Bertz CT molecular complexity index is 995. The summed E-state index contributed by atoms with van der Waals surface area (Å²) in [5.74, 6) is 0. The van der Waals surface area contributed by atoms with E-state index in [-0.39, 0.29) is 5.04 Å². The normalized spacial score (nSPS) is 12.5. The molecule has 0 amide bonds. The molecule has 0 aliphatic heterocycles. The summed E-state index contributed by atoms with van der Waals surface area (Å²) < 4.78 is 57.2. The third-order valence-corrected chi connectivity index (χ3v) is 13.4. The predicted molar refractivity (Wildman–Crippen MR) is 199 cm³/mol. The van der Waals surface area contributed by atoms with Crippen LogP contribution in [0.1, 0.15) is 20.8 Å². The minimum atomic E-state index is -2.53. The maximum Gasteiger partial charge on any atom is 0.261 e. The highest BCUT2D eigenvalue weighted by Gasteiger charge is 2.50. The molecule has 0 bridgehead atoms. The molecule has 0 radical (unpaired) electrons. The number of hydrogen-bond donors (Lipinski definition) is 0. The summed E-state index contributed by atoms with van der Waals surface area (Å²) in [5, 5.41) is 2.49. The molecule has 0 unspecified atom stereocenters. The second-order valence-electron chi connectivity index (χ2n) is 13.4. The minimum Gasteiger partial charge on any atom is -0.415 e. The van der Waals surface area contributed by atoms with Gasteiger partial charge in [-0.25, -0.2) is 0 Å². The van der Waals surface area contributed by atoms with Crippen molar-refractivity contribution in [2.45, 2.75) is 45.5 Å². The van der Waals surface area contributed by atoms with E-state index in [1.807, 2.05) is 0 Å². The smallest absolute Gasteiger partial charge is 0.261 e. The summed E-state index contributed by atoms with van der Waals surface area (Å²) in [4.78, 5) is 0. The van der Waals surface area contributed by atoms with Gasteiger partial charge < -0.3 is 46.7 Å². The van der Waals surface area contributed by atoms with Crippen LogP contribution in [-0.2, 0) is 46.7 Å². The summed E-state index contributed by atoms with van der Waals surface area (Å²) in [5.41, 5.74) is 0. The SMILES string of the molecule is CC(C)(C)[Si](OCCOCCOCCOCCOCCOCCOCCOCCOCCO[Si](C)(C)C)(c1ccccc1)c1ccccc1. The number of benzene rings is 2. The third kappa shape index (κ3) is 19.6. The highest BCUT2D eigenvalue weighted by molar-refractivity contribution is 6.99. The zero-order chi connectivity index (χ0) is 35.5. The molecule has 0 spiro atoms. The summed E-state index contributed by atoms with van der Waals surface area (Å²) in [6, 6.07) is 21.3. The molecule has 2 rings (SSSR count). The van der Waals surface area contributed by atoms with Gasteiger partial charge in [0.1, 0.15) is 0 Å². The fourth-order valence-electron chi connectivity index (χ4n) is 5.06. The average molecular weight is 725 g/mol. The first-order chi connectivity index (χ1) is 23.7. The first-order valence-corrected chi connectivity index (χ1v) is 23.0. The lowest BCUT2D eigenvalue weighted by Gasteiger charge is -2.43. The van der Waals surface area contributed by atoms with Gasteiger partial charge in [-0.15, -0.1) is 0 Å². The van der Waals surface area contributed by atoms with Crippen LogP contribution in [0.4, 0.5) is 0 Å². The molecule has 0 N–H and O–H groups in total. The molecular formula is C37H64O10Si2. The maximum absolute atomic E-state index is 6.85. The van der Waals surface area contributed by atoms with Crippen molar-refractivity contribution in [3.8, 4) is 0 Å². The van der Waals surface area contributed by atoms with E-state index in [0.29, 0.717) is 119 Å². The summed E-state index contributed by atoms with van der Waals surface area (Å²) in [6.45, 7) is 23.0. The van der Waals surface area contributed by atoms with Gasteiger partial charge in [0.2, 0.25) is 0 Å². The fourth-order valence-corrected chi connectivity index (χ4v) is 10.3. The molecule has 2 aromatic rings. The van der Waals surface area contributed by atoms with Gasteiger partial charge in [-0.2, -0.15) is 0 Å². The largest absolute Gasteiger partial charge is 0.415 e. The van der Waals surface area contributed by atoms with Crippen molar-refractivity contribution < 1.29 is 46.7 Å². The number of rotatable bonds is 31. The van der Waals surface area contributed by atoms with Crippen molar-refractivity contribution in [1.82, 2.24) is 0 Å². The molecule has 0 fully saturated rings. The molecule has 280 valence electrons. The number of hydrogen-bond acceptors (Lipinski definition) is 10. The Kier molecular flexibility index (Phi) is 23.4. The summed E-state index contributed by atoms with van der Waals surface area (Å²) in [7, 11) is -3.99. The lowest BCUT2D eigenvalue weighted by Crippen LogP contribution is -2.66. The van der Waals surface area contributed by atoms with Crippen LogP contribution in [0.15, 0.2) is 60.7 Å². The lowest BCUT2D eigenvalue weighted by molar-refractivity contribution is -0.0242. The van der Waals surface area contributed by atoms with Crippen molar-refractivity contribution in [2.75, 3.05) is 119 Å². The Morgan fingerprint density at radius 2 is 0.612 bits per heavy atom. The Labute approximate surface area is 298 Å². The van der Waals surface area contributed by atoms with Gasteiger partial charge in [-0.05, 0) is 35.1 Å². The van der Waals surface area contributed by atoms with Crippen LogP contribution in [0.3, 0.4) is 0 Å². The average Bonchev–Trinajstić information content (AvgIpc) is 3.07. The van der Waals surface area contributed by atoms with E-state index in [2.05, 4.69) is 101 Å². The van der Waals surface area contributed by atoms with E-state index in [0.717, 1.165) is 0 Å². The van der Waals surface area contributed by atoms with Crippen LogP contribution < -0.4 is 10.4 Å². The zero-order valence-electron chi connectivity index (χ0n) is 31.1. The van der Waals surface area contributed by atoms with E-state index >= 15 is 0 Å². The molecule has 0 atom stereocenters. The molecule has 0 saturated carbocycles. The molecule has 0 aromatic heterocycles. The molecular weight excluding hydrogens is 661 g/mol. The van der Waals surface area contributed by atoms with E-state index in [9.17, 15) is 0 Å². The number of ether oxygens (including phenoxy) is 8. The van der Waals surface area contributed by atoms with Gasteiger partial charge in [-0.3, -0.25) is 0 Å². The van der Waals surface area contributed by atoms with Gasteiger partial charge in [0.25, 0.3) is 8.32 Å². The summed E-state index contributed by atoms with van der Waals surface area (Å²) in [6.07, 6.45) is 0. The van der Waals surface area contributed by atoms with Crippen molar-refractivity contribution in [2.24, 2.45) is 0 Å². The fraction of sp³-hybridized carbons (Fsp3) is 0.676. The Morgan fingerprint density at radius 1 is 0.367 bits per heavy atom. The second-order valence-corrected chi connectivity index (χ2v) is 22.2. The van der Waals surface area contributed by atoms with Crippen LogP contribution >= 0.6 is 0 Å². The molecule has 10 nitrogen and oxygen atoms in total. The predicted octanol–water partition coefficient (Wildman–Crippen LogP) is 4.55. The first-order valence-electron chi connectivity index (χ1n) is 17.7. The molecule has 2 aromatic carbocycles. The van der Waals surface area contributed by atoms with E-state index in [1.165, 1.54) is 10.4 Å². The van der Waals surface area contributed by atoms with Crippen LogP contribution in [0.5, 0.6) is 0 Å². The van der Waals surface area contributed by atoms with Gasteiger partial charge in [0.05, 0.1) is 119 Å². The van der Waals surface area contributed by atoms with Crippen molar-refractivity contribution in [3.05, 3.63) is 60.7 Å². The van der Waals surface area contributed by atoms with Crippen molar-refractivity contribution >= 4 is 27.0 Å². The molecule has 49 heavy (non-hydrogen) atoms. The van der Waals surface area contributed by atoms with E-state index in [1.54, 1.807) is 0 Å². The Balaban J connectivity index is 1.36. The monoisotopic (exact) mass is 724 g/mol. The zero-order valence-corrected chi connectivity index (χ0v) is 33.1. The van der Waals surface area contributed by atoms with Gasteiger partial charge >= 0.3 is 0 Å². The highest BCUT2D eigenvalue weighted by atomic mass is 28.4. The molecule has 0 aliphatic carbocycles. The van der Waals surface area contributed by atoms with E-state index < -0.39 is 16.6 Å². The van der Waals surface area contributed by atoms with Crippen LogP contribution in [-0.4, -0.2) is 136 Å². The second kappa shape index (κ2) is 26.3. The Morgan fingerprint density at radius 3 is 0.857 bits per heavy atom. The van der Waals surface area contributed by atoms with Gasteiger partial charge in [0.15, 0.2) is 8.32 Å². The molecule has 0 heterocycles. The minimum absolute atomic E-state index is 0.0519. The van der Waals surface area contributed by atoms with Crippen LogP contribution in [0, 0.1) is 0 Å².